The minimum Gasteiger partial charge on any atom is -0.334 e. The number of hydrogen-bond acceptors (Lipinski definition) is 4. The van der Waals surface area contributed by atoms with E-state index in [1.165, 1.54) is 0 Å². The highest BCUT2D eigenvalue weighted by Crippen LogP contribution is 2.20. The van der Waals surface area contributed by atoms with Gasteiger partial charge in [0.1, 0.15) is 0 Å². The molecule has 0 bridgehead atoms. The molecule has 0 aliphatic rings. The van der Waals surface area contributed by atoms with Gasteiger partial charge in [-0.25, -0.2) is 0 Å². The summed E-state index contributed by atoms with van der Waals surface area (Å²) < 4.78 is 5.10. The van der Waals surface area contributed by atoms with Crippen LogP contribution < -0.4 is 5.32 Å². The van der Waals surface area contributed by atoms with Crippen LogP contribution in [0.15, 0.2) is 28.8 Å². The maximum absolute atomic E-state index is 5.86. The van der Waals surface area contributed by atoms with Crippen LogP contribution in [0.3, 0.4) is 0 Å². The summed E-state index contributed by atoms with van der Waals surface area (Å²) in [5.74, 6) is 1.12. The van der Waals surface area contributed by atoms with Gasteiger partial charge in [0.25, 0.3) is 5.89 Å². The molecule has 1 aromatic carbocycles. The molecule has 0 atom stereocenters. The van der Waals surface area contributed by atoms with Gasteiger partial charge in [-0.2, -0.15) is 4.98 Å². The third-order valence-corrected chi connectivity index (χ3v) is 2.11. The summed E-state index contributed by atoms with van der Waals surface area (Å²) in [6.07, 6.45) is 0. The highest BCUT2D eigenvalue weighted by atomic mass is 35.5. The molecule has 2 aromatic rings. The number of halogens is 1. The highest BCUT2D eigenvalue weighted by molar-refractivity contribution is 6.30. The number of nitrogens with zero attached hydrogens (tertiary/aromatic N) is 2. The molecule has 0 spiro atoms. The molecule has 0 aliphatic heterocycles. The van der Waals surface area contributed by atoms with E-state index in [2.05, 4.69) is 15.5 Å². The van der Waals surface area contributed by atoms with E-state index in [1.54, 1.807) is 12.1 Å². The summed E-state index contributed by atoms with van der Waals surface area (Å²) in [6.45, 7) is 0.587. The molecule has 0 amide bonds. The van der Waals surface area contributed by atoms with Crippen LogP contribution in [0.25, 0.3) is 11.5 Å². The molecule has 78 valence electrons. The van der Waals surface area contributed by atoms with Crippen molar-refractivity contribution in [1.82, 2.24) is 15.5 Å². The fraction of sp³-hybridized carbons (Fsp3) is 0.200. The van der Waals surface area contributed by atoms with Gasteiger partial charge in [-0.3, -0.25) is 0 Å². The lowest BCUT2D eigenvalue weighted by molar-refractivity contribution is 0.420. The van der Waals surface area contributed by atoms with Crippen LogP contribution in [-0.4, -0.2) is 17.2 Å². The molecule has 0 saturated carbocycles. The van der Waals surface area contributed by atoms with Gasteiger partial charge in [0.2, 0.25) is 0 Å². The van der Waals surface area contributed by atoms with Crippen LogP contribution in [0, 0.1) is 0 Å². The number of hydrogen-bond donors (Lipinski definition) is 1. The lowest BCUT2D eigenvalue weighted by Gasteiger charge is -1.93. The fourth-order valence-corrected chi connectivity index (χ4v) is 1.41. The van der Waals surface area contributed by atoms with E-state index in [1.807, 2.05) is 19.2 Å². The summed E-state index contributed by atoms with van der Waals surface area (Å²) in [7, 11) is 1.83. The van der Waals surface area contributed by atoms with Crippen LogP contribution in [0.4, 0.5) is 0 Å². The predicted molar refractivity (Wildman–Crippen MR) is 57.5 cm³/mol. The second-order valence-electron chi connectivity index (χ2n) is 3.06. The van der Waals surface area contributed by atoms with Gasteiger partial charge in [0.05, 0.1) is 6.54 Å². The summed E-state index contributed by atoms with van der Waals surface area (Å²) in [6, 6.07) is 7.32. The number of rotatable bonds is 3. The molecule has 1 aromatic heterocycles. The van der Waals surface area contributed by atoms with Gasteiger partial charge < -0.3 is 9.84 Å². The molecule has 0 unspecified atom stereocenters. The normalized spacial score (nSPS) is 10.5. The molecule has 1 N–H and O–H groups in total. The van der Waals surface area contributed by atoms with E-state index >= 15 is 0 Å². The van der Waals surface area contributed by atoms with Crippen LogP contribution in [-0.2, 0) is 6.54 Å². The van der Waals surface area contributed by atoms with Crippen LogP contribution in [0.1, 0.15) is 5.82 Å². The second-order valence-corrected chi connectivity index (χ2v) is 3.49. The van der Waals surface area contributed by atoms with E-state index in [0.29, 0.717) is 23.3 Å². The monoisotopic (exact) mass is 223 g/mol. The van der Waals surface area contributed by atoms with Crippen LogP contribution >= 0.6 is 11.6 Å². The average Bonchev–Trinajstić information content (AvgIpc) is 2.67. The largest absolute Gasteiger partial charge is 0.334 e. The molecule has 2 rings (SSSR count). The van der Waals surface area contributed by atoms with Crippen molar-refractivity contribution in [3.63, 3.8) is 0 Å². The Kier molecular flexibility index (Phi) is 2.99. The summed E-state index contributed by atoms with van der Waals surface area (Å²) in [5.41, 5.74) is 0.831. The third-order valence-electron chi connectivity index (χ3n) is 1.87. The maximum atomic E-state index is 5.86. The number of nitrogens with one attached hydrogen (secondary N) is 1. The van der Waals surface area contributed by atoms with Crippen LogP contribution in [0.5, 0.6) is 0 Å². The quantitative estimate of drug-likeness (QED) is 0.866. The second kappa shape index (κ2) is 4.42. The van der Waals surface area contributed by atoms with Gasteiger partial charge in [0, 0.05) is 10.6 Å². The average molecular weight is 224 g/mol. The molecule has 0 radical (unpaired) electrons. The molecule has 4 nitrogen and oxygen atoms in total. The molecule has 5 heteroatoms. The van der Waals surface area contributed by atoms with Crippen LogP contribution in [0.2, 0.25) is 5.02 Å². The first-order valence-corrected chi connectivity index (χ1v) is 4.90. The molecule has 0 aliphatic carbocycles. The Balaban J connectivity index is 2.29. The molecule has 15 heavy (non-hydrogen) atoms. The van der Waals surface area contributed by atoms with E-state index in [9.17, 15) is 0 Å². The first-order valence-electron chi connectivity index (χ1n) is 4.52. The van der Waals surface area contributed by atoms with Crippen molar-refractivity contribution in [2.75, 3.05) is 7.05 Å². The zero-order valence-electron chi connectivity index (χ0n) is 8.20. The predicted octanol–water partition coefficient (Wildman–Crippen LogP) is 2.11. The molecular weight excluding hydrogens is 214 g/mol. The maximum Gasteiger partial charge on any atom is 0.258 e. The molecule has 0 fully saturated rings. The van der Waals surface area contributed by atoms with Crippen molar-refractivity contribution < 1.29 is 4.52 Å². The smallest absolute Gasteiger partial charge is 0.258 e. The molecular formula is C10H10ClN3O. The highest BCUT2D eigenvalue weighted by Gasteiger charge is 2.07. The Hall–Kier alpha value is -1.39. The van der Waals surface area contributed by atoms with Crippen molar-refractivity contribution in [2.45, 2.75) is 6.54 Å². The Labute approximate surface area is 92.3 Å². The van der Waals surface area contributed by atoms with Crippen molar-refractivity contribution in [3.8, 4) is 11.5 Å². The number of benzene rings is 1. The van der Waals surface area contributed by atoms with Crippen molar-refractivity contribution in [1.29, 1.82) is 0 Å². The van der Waals surface area contributed by atoms with Gasteiger partial charge >= 0.3 is 0 Å². The summed E-state index contributed by atoms with van der Waals surface area (Å²) >= 11 is 5.86. The molecule has 0 saturated heterocycles. The lowest BCUT2D eigenvalue weighted by atomic mass is 10.2. The van der Waals surface area contributed by atoms with E-state index in [4.69, 9.17) is 16.1 Å². The minimum atomic E-state index is 0.489. The summed E-state index contributed by atoms with van der Waals surface area (Å²) in [5, 5.41) is 7.42. The molecule has 1 heterocycles. The van der Waals surface area contributed by atoms with E-state index in [-0.39, 0.29) is 0 Å². The first-order chi connectivity index (χ1) is 7.29. The lowest BCUT2D eigenvalue weighted by Crippen LogP contribution is -2.06. The van der Waals surface area contributed by atoms with Gasteiger partial charge in [-0.1, -0.05) is 22.8 Å². The standard InChI is InChI=1S/C10H10ClN3O/c1-12-6-9-13-10(15-14-9)7-3-2-4-8(11)5-7/h2-5,12H,6H2,1H3. The van der Waals surface area contributed by atoms with Crippen molar-refractivity contribution in [2.24, 2.45) is 0 Å². The third kappa shape index (κ3) is 2.34. The van der Waals surface area contributed by atoms with E-state index < -0.39 is 0 Å². The Morgan fingerprint density at radius 2 is 2.33 bits per heavy atom. The van der Waals surface area contributed by atoms with Crippen molar-refractivity contribution in [3.05, 3.63) is 35.1 Å². The summed E-state index contributed by atoms with van der Waals surface area (Å²) in [4.78, 5) is 4.21. The fourth-order valence-electron chi connectivity index (χ4n) is 1.22. The SMILES string of the molecule is CNCc1noc(-c2cccc(Cl)c2)n1. The van der Waals surface area contributed by atoms with Crippen molar-refractivity contribution >= 4 is 11.6 Å². The zero-order chi connectivity index (χ0) is 10.7. The Morgan fingerprint density at radius 1 is 1.47 bits per heavy atom. The number of aromatic nitrogens is 2. The van der Waals surface area contributed by atoms with Gasteiger partial charge in [0.15, 0.2) is 5.82 Å². The first kappa shape index (κ1) is 10.1. The topological polar surface area (TPSA) is 51.0 Å². The van der Waals surface area contributed by atoms with E-state index in [0.717, 1.165) is 5.56 Å². The Bertz CT molecular complexity index is 455. The van der Waals surface area contributed by atoms with Gasteiger partial charge in [-0.05, 0) is 25.2 Å². The zero-order valence-corrected chi connectivity index (χ0v) is 8.95. The Morgan fingerprint density at radius 3 is 3.07 bits per heavy atom. The van der Waals surface area contributed by atoms with Gasteiger partial charge in [-0.15, -0.1) is 0 Å². The minimum absolute atomic E-state index is 0.489.